The number of carbonyl (C=O) groups excluding carboxylic acids is 1. The Morgan fingerprint density at radius 2 is 2.31 bits per heavy atom. The zero-order valence-corrected chi connectivity index (χ0v) is 16.0. The molecule has 0 aliphatic rings. The summed E-state index contributed by atoms with van der Waals surface area (Å²) >= 11 is 1.47. The Hall–Kier alpha value is -2.61. The summed E-state index contributed by atoms with van der Waals surface area (Å²) in [5.74, 6) is 0.820. The molecule has 0 aliphatic heterocycles. The summed E-state index contributed by atoms with van der Waals surface area (Å²) in [6.45, 7) is 7.46. The van der Waals surface area contributed by atoms with E-state index in [-0.39, 0.29) is 12.1 Å². The maximum atomic E-state index is 12.5. The van der Waals surface area contributed by atoms with Crippen LogP contribution in [0.3, 0.4) is 0 Å². The van der Waals surface area contributed by atoms with Crippen molar-refractivity contribution in [3.8, 4) is 5.75 Å². The van der Waals surface area contributed by atoms with E-state index in [2.05, 4.69) is 15.4 Å². The van der Waals surface area contributed by atoms with Crippen LogP contribution >= 0.6 is 11.3 Å². The molecule has 3 aromatic rings. The highest BCUT2D eigenvalue weighted by Gasteiger charge is 2.18. The molecule has 1 atom stereocenters. The van der Waals surface area contributed by atoms with Gasteiger partial charge in [-0.1, -0.05) is 23.5 Å². The fourth-order valence-corrected chi connectivity index (χ4v) is 3.21. The number of nitrogens with one attached hydrogen (secondary N) is 1. The van der Waals surface area contributed by atoms with E-state index >= 15 is 0 Å². The van der Waals surface area contributed by atoms with Crippen LogP contribution in [0.1, 0.15) is 31.1 Å². The van der Waals surface area contributed by atoms with E-state index in [0.717, 1.165) is 22.0 Å². The van der Waals surface area contributed by atoms with Crippen molar-refractivity contribution in [2.45, 2.75) is 26.8 Å². The Morgan fingerprint density at radius 3 is 3.04 bits per heavy atom. The van der Waals surface area contributed by atoms with Crippen LogP contribution in [-0.2, 0) is 0 Å². The van der Waals surface area contributed by atoms with Crippen molar-refractivity contribution in [3.63, 3.8) is 0 Å². The lowest BCUT2D eigenvalue weighted by Gasteiger charge is -2.23. The minimum atomic E-state index is -0.192. The van der Waals surface area contributed by atoms with Crippen LogP contribution in [0.25, 0.3) is 4.96 Å². The SMILES string of the molecule is CCN(CCOc1cccc(C)c1)C(=O)N[C@H](C)c1cn2ncsc2n1. The van der Waals surface area contributed by atoms with Gasteiger partial charge in [0.05, 0.1) is 24.5 Å². The van der Waals surface area contributed by atoms with E-state index in [1.54, 1.807) is 14.9 Å². The van der Waals surface area contributed by atoms with E-state index < -0.39 is 0 Å². The average Bonchev–Trinajstić information content (AvgIpc) is 3.20. The van der Waals surface area contributed by atoms with Gasteiger partial charge in [-0.25, -0.2) is 14.3 Å². The highest BCUT2D eigenvalue weighted by molar-refractivity contribution is 7.14. The van der Waals surface area contributed by atoms with Crippen molar-refractivity contribution in [1.29, 1.82) is 0 Å². The Bertz CT molecular complexity index is 847. The number of hydrogen-bond acceptors (Lipinski definition) is 5. The van der Waals surface area contributed by atoms with Gasteiger partial charge in [0.25, 0.3) is 0 Å². The first-order valence-electron chi connectivity index (χ1n) is 8.60. The molecule has 0 unspecified atom stereocenters. The van der Waals surface area contributed by atoms with E-state index in [9.17, 15) is 4.79 Å². The standard InChI is InChI=1S/C18H23N5O2S/c1-4-22(8-9-25-15-7-5-6-13(2)10-15)17(24)20-14(3)16-11-23-18(21-16)26-12-19-23/h5-7,10-12,14H,4,8-9H2,1-3H3,(H,20,24)/t14-/m1/s1. The molecule has 8 heteroatoms. The Balaban J connectivity index is 1.52. The molecule has 1 N–H and O–H groups in total. The van der Waals surface area contributed by atoms with Crippen LogP contribution in [0.5, 0.6) is 5.75 Å². The van der Waals surface area contributed by atoms with Gasteiger partial charge in [-0.2, -0.15) is 5.10 Å². The maximum Gasteiger partial charge on any atom is 0.318 e. The Morgan fingerprint density at radius 1 is 1.46 bits per heavy atom. The van der Waals surface area contributed by atoms with Crippen LogP contribution in [0, 0.1) is 6.92 Å². The van der Waals surface area contributed by atoms with E-state index in [4.69, 9.17) is 4.74 Å². The fourth-order valence-electron chi connectivity index (χ4n) is 2.60. The highest BCUT2D eigenvalue weighted by atomic mass is 32.1. The van der Waals surface area contributed by atoms with Crippen LogP contribution < -0.4 is 10.1 Å². The van der Waals surface area contributed by atoms with Gasteiger partial charge in [-0.15, -0.1) is 0 Å². The molecular formula is C18H23N5O2S. The molecule has 2 aromatic heterocycles. The van der Waals surface area contributed by atoms with E-state index in [0.29, 0.717) is 19.7 Å². The van der Waals surface area contributed by atoms with Gasteiger partial charge in [0.1, 0.15) is 17.9 Å². The Labute approximate surface area is 156 Å². The fraction of sp³-hybridized carbons (Fsp3) is 0.389. The number of aryl methyl sites for hydroxylation is 1. The lowest BCUT2D eigenvalue weighted by Crippen LogP contribution is -2.42. The number of amides is 2. The normalized spacial score (nSPS) is 12.1. The van der Waals surface area contributed by atoms with Crippen LogP contribution in [0.2, 0.25) is 0 Å². The largest absolute Gasteiger partial charge is 0.492 e. The van der Waals surface area contributed by atoms with Gasteiger partial charge in [-0.05, 0) is 38.5 Å². The number of imidazole rings is 1. The monoisotopic (exact) mass is 373 g/mol. The van der Waals surface area contributed by atoms with Gasteiger partial charge >= 0.3 is 6.03 Å². The number of aromatic nitrogens is 3. The number of rotatable bonds is 7. The van der Waals surface area contributed by atoms with Gasteiger partial charge in [0.2, 0.25) is 4.96 Å². The summed E-state index contributed by atoms with van der Waals surface area (Å²) in [5, 5.41) is 7.15. The lowest BCUT2D eigenvalue weighted by molar-refractivity contribution is 0.182. The first-order chi connectivity index (χ1) is 12.6. The second-order valence-electron chi connectivity index (χ2n) is 6.05. The predicted molar refractivity (Wildman–Crippen MR) is 102 cm³/mol. The summed E-state index contributed by atoms with van der Waals surface area (Å²) in [6, 6.07) is 7.57. The third-order valence-corrected chi connectivity index (χ3v) is 4.77. The molecule has 0 aliphatic carbocycles. The molecule has 138 valence electrons. The average molecular weight is 373 g/mol. The molecule has 0 spiro atoms. The summed E-state index contributed by atoms with van der Waals surface area (Å²) in [6.07, 6.45) is 1.84. The predicted octanol–water partition coefficient (Wildman–Crippen LogP) is 3.27. The number of fused-ring (bicyclic) bond motifs is 1. The summed E-state index contributed by atoms with van der Waals surface area (Å²) in [4.78, 5) is 19.5. The lowest BCUT2D eigenvalue weighted by atomic mass is 10.2. The van der Waals surface area contributed by atoms with Crippen LogP contribution in [-0.4, -0.2) is 45.2 Å². The maximum absolute atomic E-state index is 12.5. The number of carbonyl (C=O) groups is 1. The molecule has 1 aromatic carbocycles. The summed E-state index contributed by atoms with van der Waals surface area (Å²) in [7, 11) is 0. The zero-order chi connectivity index (χ0) is 18.5. The minimum Gasteiger partial charge on any atom is -0.492 e. The minimum absolute atomic E-state index is 0.128. The molecule has 0 saturated heterocycles. The number of urea groups is 1. The number of benzene rings is 1. The molecule has 0 fully saturated rings. The van der Waals surface area contributed by atoms with Gasteiger partial charge < -0.3 is 15.0 Å². The Kier molecular flexibility index (Phi) is 5.72. The van der Waals surface area contributed by atoms with Crippen molar-refractivity contribution in [2.24, 2.45) is 0 Å². The molecule has 2 amide bonds. The summed E-state index contributed by atoms with van der Waals surface area (Å²) in [5.41, 5.74) is 3.68. The van der Waals surface area contributed by atoms with Crippen molar-refractivity contribution in [3.05, 3.63) is 47.2 Å². The molecule has 0 radical (unpaired) electrons. The summed E-state index contributed by atoms with van der Waals surface area (Å²) < 4.78 is 7.46. The van der Waals surface area contributed by atoms with Crippen molar-refractivity contribution in [2.75, 3.05) is 19.7 Å². The van der Waals surface area contributed by atoms with Gasteiger partial charge in [0, 0.05) is 6.54 Å². The third-order valence-electron chi connectivity index (χ3n) is 4.08. The van der Waals surface area contributed by atoms with Gasteiger partial charge in [-0.3, -0.25) is 0 Å². The third kappa shape index (κ3) is 4.32. The van der Waals surface area contributed by atoms with E-state index in [1.807, 2.05) is 51.2 Å². The number of hydrogen-bond donors (Lipinski definition) is 1. The van der Waals surface area contributed by atoms with Crippen LogP contribution in [0.4, 0.5) is 4.79 Å². The smallest absolute Gasteiger partial charge is 0.318 e. The molecule has 7 nitrogen and oxygen atoms in total. The highest BCUT2D eigenvalue weighted by Crippen LogP contribution is 2.15. The molecule has 26 heavy (non-hydrogen) atoms. The molecule has 0 bridgehead atoms. The molecule has 2 heterocycles. The quantitative estimate of drug-likeness (QED) is 0.690. The second-order valence-corrected chi connectivity index (χ2v) is 6.86. The first kappa shape index (κ1) is 18.2. The topological polar surface area (TPSA) is 71.8 Å². The van der Waals surface area contributed by atoms with Gasteiger partial charge in [0.15, 0.2) is 0 Å². The first-order valence-corrected chi connectivity index (χ1v) is 9.48. The molecule has 0 saturated carbocycles. The second kappa shape index (κ2) is 8.18. The number of likely N-dealkylation sites (N-methyl/N-ethyl adjacent to an activating group) is 1. The number of nitrogens with zero attached hydrogens (tertiary/aromatic N) is 4. The van der Waals surface area contributed by atoms with Crippen molar-refractivity contribution < 1.29 is 9.53 Å². The molecule has 3 rings (SSSR count). The van der Waals surface area contributed by atoms with E-state index in [1.165, 1.54) is 11.3 Å². The van der Waals surface area contributed by atoms with Crippen molar-refractivity contribution in [1.82, 2.24) is 24.8 Å². The van der Waals surface area contributed by atoms with Crippen molar-refractivity contribution >= 4 is 22.3 Å². The molecular weight excluding hydrogens is 350 g/mol. The number of ether oxygens (including phenoxy) is 1. The zero-order valence-electron chi connectivity index (χ0n) is 15.2. The van der Waals surface area contributed by atoms with Crippen LogP contribution in [0.15, 0.2) is 36.0 Å².